The number of nitro groups is 1. The molecule has 12 heteroatoms. The van der Waals surface area contributed by atoms with Gasteiger partial charge in [0.1, 0.15) is 11.9 Å². The third-order valence-electron chi connectivity index (χ3n) is 5.04. The Kier molecular flexibility index (Phi) is 6.47. The van der Waals surface area contributed by atoms with Crippen LogP contribution in [0.15, 0.2) is 52.6 Å². The molecule has 0 unspecified atom stereocenters. The lowest BCUT2D eigenvalue weighted by atomic mass is 9.99. The van der Waals surface area contributed by atoms with Crippen LogP contribution in [0.1, 0.15) is 35.8 Å². The largest absolute Gasteiger partial charge is 0.481 e. The van der Waals surface area contributed by atoms with Crippen molar-refractivity contribution >= 4 is 29.1 Å². The molecule has 0 saturated carbocycles. The Morgan fingerprint density at radius 3 is 2.73 bits per heavy atom. The van der Waals surface area contributed by atoms with Crippen LogP contribution in [0.25, 0.3) is 5.69 Å². The first-order valence-electron chi connectivity index (χ1n) is 10.0. The number of benzene rings is 2. The number of aliphatic imine (C=N–C) groups is 1. The number of hydrogen-bond donors (Lipinski definition) is 2. The van der Waals surface area contributed by atoms with Crippen LogP contribution in [0.2, 0.25) is 0 Å². The number of aromatic nitrogens is 3. The zero-order valence-electron chi connectivity index (χ0n) is 17.2. The van der Waals surface area contributed by atoms with Gasteiger partial charge in [0.25, 0.3) is 5.69 Å². The van der Waals surface area contributed by atoms with Crippen LogP contribution < -0.4 is 5.73 Å². The third kappa shape index (κ3) is 4.47. The van der Waals surface area contributed by atoms with Gasteiger partial charge in [0.2, 0.25) is 0 Å². The first-order valence-corrected chi connectivity index (χ1v) is 11.0. The van der Waals surface area contributed by atoms with Crippen molar-refractivity contribution in [3.8, 4) is 5.69 Å². The summed E-state index contributed by atoms with van der Waals surface area (Å²) in [7, 11) is 0. The second kappa shape index (κ2) is 9.46. The van der Waals surface area contributed by atoms with Gasteiger partial charge in [-0.05, 0) is 24.6 Å². The number of nitrogens with two attached hydrogens (primary N) is 1. The van der Waals surface area contributed by atoms with Gasteiger partial charge in [-0.15, -0.1) is 10.2 Å². The topological polar surface area (TPSA) is 150 Å². The van der Waals surface area contributed by atoms with Crippen molar-refractivity contribution in [1.29, 1.82) is 0 Å². The molecular formula is C21H19FN6O4S. The molecule has 170 valence electrons. The normalized spacial score (nSPS) is 14.7. The van der Waals surface area contributed by atoms with Gasteiger partial charge in [0.15, 0.2) is 11.0 Å². The van der Waals surface area contributed by atoms with Gasteiger partial charge in [-0.1, -0.05) is 23.9 Å². The highest BCUT2D eigenvalue weighted by Crippen LogP contribution is 2.37. The monoisotopic (exact) mass is 470 g/mol. The van der Waals surface area contributed by atoms with E-state index in [1.807, 2.05) is 0 Å². The third-order valence-corrected chi connectivity index (χ3v) is 6.00. The van der Waals surface area contributed by atoms with E-state index >= 15 is 0 Å². The maximum atomic E-state index is 14.8. The lowest BCUT2D eigenvalue weighted by Crippen LogP contribution is -2.11. The molecule has 2 heterocycles. The van der Waals surface area contributed by atoms with E-state index in [-0.39, 0.29) is 29.8 Å². The van der Waals surface area contributed by atoms with Crippen LogP contribution in [-0.4, -0.2) is 48.8 Å². The summed E-state index contributed by atoms with van der Waals surface area (Å²) in [6.45, 7) is 0.388. The van der Waals surface area contributed by atoms with Gasteiger partial charge in [-0.3, -0.25) is 24.5 Å². The van der Waals surface area contributed by atoms with Gasteiger partial charge < -0.3 is 10.8 Å². The molecule has 4 rings (SSSR count). The maximum absolute atomic E-state index is 14.8. The highest BCUT2D eigenvalue weighted by molar-refractivity contribution is 7.99. The summed E-state index contributed by atoms with van der Waals surface area (Å²) in [5, 5.41) is 29.7. The van der Waals surface area contributed by atoms with E-state index in [1.54, 1.807) is 16.7 Å². The van der Waals surface area contributed by atoms with Crippen LogP contribution in [-0.2, 0) is 4.79 Å². The van der Waals surface area contributed by atoms with Crippen LogP contribution in [0.5, 0.6) is 0 Å². The molecule has 3 N–H and O–H groups in total. The molecular weight excluding hydrogens is 451 g/mol. The molecule has 1 atom stereocenters. The SMILES string of the molecule is NCCSc1nnc2n1-c1ccc([N+](=O)[O-])cc1C(c1ccccc1F)=N[C@H]2CCC(=O)O. The van der Waals surface area contributed by atoms with Crippen LogP contribution >= 0.6 is 11.8 Å². The lowest BCUT2D eigenvalue weighted by molar-refractivity contribution is -0.384. The average molecular weight is 470 g/mol. The van der Waals surface area contributed by atoms with Gasteiger partial charge in [-0.25, -0.2) is 4.39 Å². The van der Waals surface area contributed by atoms with Gasteiger partial charge in [-0.2, -0.15) is 0 Å². The van der Waals surface area contributed by atoms with Crippen molar-refractivity contribution in [2.45, 2.75) is 24.0 Å². The van der Waals surface area contributed by atoms with Crippen molar-refractivity contribution in [3.05, 3.63) is 75.3 Å². The maximum Gasteiger partial charge on any atom is 0.303 e. The molecule has 33 heavy (non-hydrogen) atoms. The number of nitro benzene ring substituents is 1. The first-order chi connectivity index (χ1) is 15.9. The summed E-state index contributed by atoms with van der Waals surface area (Å²) in [5.41, 5.74) is 6.59. The first kappa shape index (κ1) is 22.6. The Labute approximate surface area is 191 Å². The number of rotatable bonds is 8. The molecule has 0 spiro atoms. The molecule has 10 nitrogen and oxygen atoms in total. The molecule has 0 bridgehead atoms. The quantitative estimate of drug-likeness (QED) is 0.290. The van der Waals surface area contributed by atoms with E-state index in [4.69, 9.17) is 5.73 Å². The molecule has 0 radical (unpaired) electrons. The van der Waals surface area contributed by atoms with E-state index in [2.05, 4.69) is 15.2 Å². The molecule has 1 aliphatic heterocycles. The Bertz CT molecular complexity index is 1260. The molecule has 1 aromatic heterocycles. The zero-order chi connectivity index (χ0) is 23.5. The second-order valence-corrected chi connectivity index (χ2v) is 8.24. The second-order valence-electron chi connectivity index (χ2n) is 7.18. The van der Waals surface area contributed by atoms with E-state index in [9.17, 15) is 24.4 Å². The molecule has 0 saturated heterocycles. The summed E-state index contributed by atoms with van der Waals surface area (Å²) in [4.78, 5) is 26.9. The molecule has 0 aliphatic carbocycles. The number of aliphatic carboxylic acids is 1. The molecule has 1 aliphatic rings. The number of hydrogen-bond acceptors (Lipinski definition) is 8. The predicted molar refractivity (Wildman–Crippen MR) is 119 cm³/mol. The molecule has 0 amide bonds. The minimum absolute atomic E-state index is 0.0864. The van der Waals surface area contributed by atoms with E-state index in [1.165, 1.54) is 42.1 Å². The van der Waals surface area contributed by atoms with E-state index in [0.717, 1.165) is 0 Å². The fraction of sp³-hybridized carbons (Fsp3) is 0.238. The highest BCUT2D eigenvalue weighted by Gasteiger charge is 2.31. The summed E-state index contributed by atoms with van der Waals surface area (Å²) < 4.78 is 16.5. The minimum atomic E-state index is -1.01. The Morgan fingerprint density at radius 2 is 2.03 bits per heavy atom. The van der Waals surface area contributed by atoms with Crippen molar-refractivity contribution in [2.24, 2.45) is 10.7 Å². The number of non-ortho nitro benzene ring substituents is 1. The number of fused-ring (bicyclic) bond motifs is 3. The number of carbonyl (C=O) groups is 1. The summed E-state index contributed by atoms with van der Waals surface area (Å²) in [6, 6.07) is 9.43. The van der Waals surface area contributed by atoms with Crippen molar-refractivity contribution < 1.29 is 19.2 Å². The Morgan fingerprint density at radius 1 is 1.24 bits per heavy atom. The summed E-state index contributed by atoms with van der Waals surface area (Å²) in [6.07, 6.45) is -0.115. The lowest BCUT2D eigenvalue weighted by Gasteiger charge is -2.13. The highest BCUT2D eigenvalue weighted by atomic mass is 32.2. The molecule has 0 fully saturated rings. The van der Waals surface area contributed by atoms with Crippen LogP contribution in [0.4, 0.5) is 10.1 Å². The molecule has 2 aromatic carbocycles. The fourth-order valence-corrected chi connectivity index (χ4v) is 4.31. The molecule has 3 aromatic rings. The van der Waals surface area contributed by atoms with Gasteiger partial charge in [0.05, 0.1) is 16.3 Å². The van der Waals surface area contributed by atoms with Gasteiger partial charge in [0, 0.05) is 42.0 Å². The predicted octanol–water partition coefficient (Wildman–Crippen LogP) is 3.12. The number of carboxylic acid groups (broad SMARTS) is 1. The average Bonchev–Trinajstić information content (AvgIpc) is 3.15. The summed E-state index contributed by atoms with van der Waals surface area (Å²) >= 11 is 1.34. The van der Waals surface area contributed by atoms with Crippen molar-refractivity contribution in [1.82, 2.24) is 14.8 Å². The zero-order valence-corrected chi connectivity index (χ0v) is 18.0. The Balaban J connectivity index is 2.00. The number of thioether (sulfide) groups is 1. The Hall–Kier alpha value is -3.64. The van der Waals surface area contributed by atoms with Crippen molar-refractivity contribution in [2.75, 3.05) is 12.3 Å². The van der Waals surface area contributed by atoms with Crippen LogP contribution in [0.3, 0.4) is 0 Å². The summed E-state index contributed by atoms with van der Waals surface area (Å²) in [5.74, 6) is -0.654. The standard InChI is InChI=1S/C21H19FN6O4S/c22-15-4-2-1-3-13(15)19-14-11-12(28(31)32)5-7-17(14)27-20(16(24-19)6-8-18(29)30)25-26-21(27)33-10-9-23/h1-5,7,11,16H,6,8-10,23H2,(H,29,30)/t16-/m0/s1. The number of carboxylic acids is 1. The van der Waals surface area contributed by atoms with Gasteiger partial charge >= 0.3 is 5.97 Å². The minimum Gasteiger partial charge on any atom is -0.481 e. The van der Waals surface area contributed by atoms with E-state index < -0.39 is 22.8 Å². The number of halogens is 1. The van der Waals surface area contributed by atoms with E-state index in [0.29, 0.717) is 34.5 Å². The number of nitrogens with zero attached hydrogens (tertiary/aromatic N) is 5. The van der Waals surface area contributed by atoms with Crippen LogP contribution in [0, 0.1) is 15.9 Å². The fourth-order valence-electron chi connectivity index (χ4n) is 3.59. The van der Waals surface area contributed by atoms with Crippen molar-refractivity contribution in [3.63, 3.8) is 0 Å². The smallest absolute Gasteiger partial charge is 0.303 e.